The molecule has 1 aliphatic heterocycles. The van der Waals surface area contributed by atoms with Gasteiger partial charge in [-0.1, -0.05) is 0 Å². The Morgan fingerprint density at radius 1 is 1.28 bits per heavy atom. The number of ether oxygens (including phenoxy) is 2. The zero-order chi connectivity index (χ0) is 18.6. The van der Waals surface area contributed by atoms with Crippen LogP contribution in [0.3, 0.4) is 0 Å². The summed E-state index contributed by atoms with van der Waals surface area (Å²) < 4.78 is 37.1. The number of benzene rings is 1. The molecule has 1 aromatic carbocycles. The van der Waals surface area contributed by atoms with Gasteiger partial charge >= 0.3 is 11.9 Å². The predicted octanol–water partition coefficient (Wildman–Crippen LogP) is 1.36. The number of carbonyl (C=O) groups excluding carboxylic acids is 1. The fourth-order valence-corrected chi connectivity index (χ4v) is 4.35. The van der Waals surface area contributed by atoms with Gasteiger partial charge in [-0.15, -0.1) is 0 Å². The maximum atomic E-state index is 12.9. The fourth-order valence-electron chi connectivity index (χ4n) is 2.70. The summed E-state index contributed by atoms with van der Waals surface area (Å²) in [6, 6.07) is 4.07. The molecular weight excluding hydrogens is 350 g/mol. The fraction of sp³-hybridized carbons (Fsp3) is 0.500. The quantitative estimate of drug-likeness (QED) is 0.752. The lowest BCUT2D eigenvalue weighted by atomic mass is 9.99. The summed E-state index contributed by atoms with van der Waals surface area (Å²) >= 11 is 0. The van der Waals surface area contributed by atoms with Crippen LogP contribution in [0, 0.1) is 5.92 Å². The minimum absolute atomic E-state index is 0.103. The van der Waals surface area contributed by atoms with E-state index in [4.69, 9.17) is 14.6 Å². The van der Waals surface area contributed by atoms with Crippen molar-refractivity contribution in [1.29, 1.82) is 0 Å². The van der Waals surface area contributed by atoms with Crippen LogP contribution in [0.5, 0.6) is 5.75 Å². The molecule has 0 unspecified atom stereocenters. The van der Waals surface area contributed by atoms with Crippen LogP contribution in [-0.4, -0.2) is 56.6 Å². The van der Waals surface area contributed by atoms with Crippen molar-refractivity contribution < 1.29 is 32.6 Å². The van der Waals surface area contributed by atoms with Gasteiger partial charge in [0.15, 0.2) is 0 Å². The van der Waals surface area contributed by atoms with Gasteiger partial charge in [-0.25, -0.2) is 13.2 Å². The van der Waals surface area contributed by atoms with Gasteiger partial charge in [0.05, 0.1) is 25.2 Å². The highest BCUT2D eigenvalue weighted by molar-refractivity contribution is 7.89. The minimum atomic E-state index is -3.92. The standard InChI is InChI=1S/C16H21NO7S/c1-3-24-16(20)12-4-5-13(23-2)14(10-12)25(21,22)17-8-6-11(7-9-17)15(18)19/h4-5,10-11H,3,6-9H2,1-2H3,(H,18,19). The third-order valence-electron chi connectivity index (χ3n) is 4.10. The number of carboxylic acid groups (broad SMARTS) is 1. The monoisotopic (exact) mass is 371 g/mol. The van der Waals surface area contributed by atoms with E-state index in [9.17, 15) is 18.0 Å². The number of rotatable bonds is 6. The smallest absolute Gasteiger partial charge is 0.338 e. The lowest BCUT2D eigenvalue weighted by Crippen LogP contribution is -2.40. The third kappa shape index (κ3) is 4.10. The van der Waals surface area contributed by atoms with Crippen molar-refractivity contribution in [3.63, 3.8) is 0 Å². The van der Waals surface area contributed by atoms with Crippen LogP contribution >= 0.6 is 0 Å². The van der Waals surface area contributed by atoms with Gasteiger partial charge in [-0.05, 0) is 38.0 Å². The normalized spacial score (nSPS) is 16.4. The Kier molecular flexibility index (Phi) is 6.02. The first-order valence-corrected chi connectivity index (χ1v) is 9.33. The number of esters is 1. The van der Waals surface area contributed by atoms with Crippen molar-refractivity contribution in [3.05, 3.63) is 23.8 Å². The molecule has 1 fully saturated rings. The second-order valence-electron chi connectivity index (χ2n) is 5.60. The van der Waals surface area contributed by atoms with Crippen LogP contribution in [0.15, 0.2) is 23.1 Å². The largest absolute Gasteiger partial charge is 0.495 e. The Bertz CT molecular complexity index is 752. The highest BCUT2D eigenvalue weighted by atomic mass is 32.2. The van der Waals surface area contributed by atoms with E-state index in [-0.39, 0.29) is 48.7 Å². The number of methoxy groups -OCH3 is 1. The summed E-state index contributed by atoms with van der Waals surface area (Å²) in [6.45, 7) is 2.04. The van der Waals surface area contributed by atoms with Crippen LogP contribution < -0.4 is 4.74 Å². The number of hydrogen-bond acceptors (Lipinski definition) is 6. The number of carboxylic acids is 1. The molecule has 0 saturated carbocycles. The number of nitrogens with zero attached hydrogens (tertiary/aromatic N) is 1. The molecule has 0 bridgehead atoms. The zero-order valence-corrected chi connectivity index (χ0v) is 14.9. The van der Waals surface area contributed by atoms with E-state index in [0.717, 1.165) is 0 Å². The molecule has 0 spiro atoms. The molecule has 0 aromatic heterocycles. The van der Waals surface area contributed by atoms with E-state index < -0.39 is 27.9 Å². The summed E-state index contributed by atoms with van der Waals surface area (Å²) in [6.07, 6.45) is 0.489. The number of sulfonamides is 1. The van der Waals surface area contributed by atoms with E-state index >= 15 is 0 Å². The Labute approximate surface area is 146 Å². The molecule has 1 heterocycles. The molecule has 0 atom stereocenters. The van der Waals surface area contributed by atoms with Crippen molar-refractivity contribution >= 4 is 22.0 Å². The molecule has 0 radical (unpaired) electrons. The van der Waals surface area contributed by atoms with Gasteiger partial charge in [0.2, 0.25) is 10.0 Å². The van der Waals surface area contributed by atoms with E-state index in [0.29, 0.717) is 0 Å². The Morgan fingerprint density at radius 3 is 2.44 bits per heavy atom. The average molecular weight is 371 g/mol. The van der Waals surface area contributed by atoms with E-state index in [2.05, 4.69) is 0 Å². The van der Waals surface area contributed by atoms with Gasteiger partial charge in [-0.3, -0.25) is 4.79 Å². The second-order valence-corrected chi connectivity index (χ2v) is 7.51. The summed E-state index contributed by atoms with van der Waals surface area (Å²) in [5.41, 5.74) is 0.113. The molecule has 1 saturated heterocycles. The molecule has 1 aromatic rings. The van der Waals surface area contributed by atoms with E-state index in [1.54, 1.807) is 6.92 Å². The Morgan fingerprint density at radius 2 is 1.92 bits per heavy atom. The highest BCUT2D eigenvalue weighted by Crippen LogP contribution is 2.30. The average Bonchev–Trinajstić information content (AvgIpc) is 2.61. The molecule has 0 amide bonds. The first kappa shape index (κ1) is 19.2. The molecule has 138 valence electrons. The Hall–Kier alpha value is -2.13. The predicted molar refractivity (Wildman–Crippen MR) is 88.1 cm³/mol. The van der Waals surface area contributed by atoms with Gasteiger partial charge in [-0.2, -0.15) is 4.31 Å². The van der Waals surface area contributed by atoms with E-state index in [1.165, 1.54) is 29.6 Å². The lowest BCUT2D eigenvalue weighted by molar-refractivity contribution is -0.142. The maximum absolute atomic E-state index is 12.9. The van der Waals surface area contributed by atoms with Crippen LogP contribution in [-0.2, 0) is 19.6 Å². The topological polar surface area (TPSA) is 110 Å². The van der Waals surface area contributed by atoms with Crippen LogP contribution in [0.25, 0.3) is 0 Å². The molecule has 9 heteroatoms. The van der Waals surface area contributed by atoms with Crippen molar-refractivity contribution in [2.24, 2.45) is 5.92 Å². The van der Waals surface area contributed by atoms with Crippen molar-refractivity contribution in [3.8, 4) is 5.75 Å². The molecule has 2 rings (SSSR count). The maximum Gasteiger partial charge on any atom is 0.338 e. The molecule has 1 N–H and O–H groups in total. The third-order valence-corrected chi connectivity index (χ3v) is 6.02. The molecular formula is C16H21NO7S. The Balaban J connectivity index is 2.33. The number of hydrogen-bond donors (Lipinski definition) is 1. The zero-order valence-electron chi connectivity index (χ0n) is 14.1. The van der Waals surface area contributed by atoms with Gasteiger partial charge in [0.25, 0.3) is 0 Å². The summed E-state index contributed by atoms with van der Waals surface area (Å²) in [4.78, 5) is 22.8. The lowest BCUT2D eigenvalue weighted by Gasteiger charge is -2.29. The number of aliphatic carboxylic acids is 1. The SMILES string of the molecule is CCOC(=O)c1ccc(OC)c(S(=O)(=O)N2CCC(C(=O)O)CC2)c1. The summed E-state index contributed by atoms with van der Waals surface area (Å²) in [5, 5.41) is 9.04. The summed E-state index contributed by atoms with van der Waals surface area (Å²) in [5.74, 6) is -1.96. The van der Waals surface area contributed by atoms with E-state index in [1.807, 2.05) is 0 Å². The first-order chi connectivity index (χ1) is 11.8. The minimum Gasteiger partial charge on any atom is -0.495 e. The van der Waals surface area contributed by atoms with Gasteiger partial charge in [0.1, 0.15) is 10.6 Å². The molecule has 0 aliphatic carbocycles. The summed E-state index contributed by atoms with van der Waals surface area (Å²) in [7, 11) is -2.57. The van der Waals surface area contributed by atoms with Gasteiger partial charge < -0.3 is 14.6 Å². The second kappa shape index (κ2) is 7.83. The van der Waals surface area contributed by atoms with Crippen molar-refractivity contribution in [2.75, 3.05) is 26.8 Å². The molecule has 25 heavy (non-hydrogen) atoms. The highest BCUT2D eigenvalue weighted by Gasteiger charge is 2.34. The van der Waals surface area contributed by atoms with Crippen LogP contribution in [0.1, 0.15) is 30.1 Å². The number of carbonyl (C=O) groups is 2. The van der Waals surface area contributed by atoms with Crippen LogP contribution in [0.4, 0.5) is 0 Å². The number of piperidine rings is 1. The van der Waals surface area contributed by atoms with Gasteiger partial charge in [0, 0.05) is 13.1 Å². The first-order valence-electron chi connectivity index (χ1n) is 7.89. The van der Waals surface area contributed by atoms with Crippen molar-refractivity contribution in [1.82, 2.24) is 4.31 Å². The molecule has 8 nitrogen and oxygen atoms in total. The van der Waals surface area contributed by atoms with Crippen molar-refractivity contribution in [2.45, 2.75) is 24.7 Å². The van der Waals surface area contributed by atoms with Crippen LogP contribution in [0.2, 0.25) is 0 Å². The molecule has 1 aliphatic rings.